The van der Waals surface area contributed by atoms with Gasteiger partial charge in [0.05, 0.1) is 31.8 Å². The fraction of sp³-hybridized carbons (Fsp3) is 0.585. The van der Waals surface area contributed by atoms with Crippen LogP contribution in [0.4, 0.5) is 0 Å². The molecular weight excluding hydrogens is 893 g/mol. The van der Waals surface area contributed by atoms with Gasteiger partial charge in [-0.3, -0.25) is 14.4 Å². The summed E-state index contributed by atoms with van der Waals surface area (Å²) in [6.45, 7) is 11.7. The number of carboxylic acid groups (broad SMARTS) is 3. The Balaban J connectivity index is 0. The summed E-state index contributed by atoms with van der Waals surface area (Å²) < 4.78 is 0. The third-order valence-corrected chi connectivity index (χ3v) is 11.6. The summed E-state index contributed by atoms with van der Waals surface area (Å²) in [5, 5.41) is 96.8. The highest BCUT2D eigenvalue weighted by Gasteiger charge is 2.26. The summed E-state index contributed by atoms with van der Waals surface area (Å²) >= 11 is 4.63. The molecule has 0 bridgehead atoms. The fourth-order valence-electron chi connectivity index (χ4n) is 6.53. The van der Waals surface area contributed by atoms with Gasteiger partial charge in [-0.05, 0) is 148 Å². The summed E-state index contributed by atoms with van der Waals surface area (Å²) in [6.07, 6.45) is 18.9. The Bertz CT molecular complexity index is 1720. The van der Waals surface area contributed by atoms with Crippen LogP contribution in [-0.2, 0) is 33.6 Å². The number of benzene rings is 3. The molecule has 15 heteroatoms. The van der Waals surface area contributed by atoms with E-state index in [0.29, 0.717) is 25.7 Å². The number of hydrogen-bond acceptors (Lipinski definition) is 11. The topological polar surface area (TPSA) is 274 Å². The predicted molar refractivity (Wildman–Crippen MR) is 272 cm³/mol. The average molecular weight is 977 g/mol. The second-order valence-corrected chi connectivity index (χ2v) is 18.0. The number of carboxylic acids is 3. The quantitative estimate of drug-likeness (QED) is 0.0264. The molecule has 0 heterocycles. The van der Waals surface area contributed by atoms with Crippen molar-refractivity contribution in [2.45, 2.75) is 170 Å². The predicted octanol–water partition coefficient (Wildman–Crippen LogP) is 9.98. The number of aliphatic hydroxyl groups is 5. The van der Waals surface area contributed by atoms with Crippen molar-refractivity contribution >= 4 is 35.2 Å². The van der Waals surface area contributed by atoms with E-state index < -0.39 is 49.8 Å². The Kier molecular flexibility index (Phi) is 36.6. The maximum Gasteiger partial charge on any atom is 0.303 e. The molecule has 0 aromatic heterocycles. The third kappa shape index (κ3) is 31.3. The number of unbranched alkanes of at least 4 members (excludes halogenated alkanes) is 11. The van der Waals surface area contributed by atoms with Gasteiger partial charge < -0.3 is 56.2 Å². The molecule has 386 valence electrons. The minimum atomic E-state index is -1.11. The monoisotopic (exact) mass is 977 g/mol. The molecule has 0 radical (unpaired) electrons. The van der Waals surface area contributed by atoms with Crippen LogP contribution in [0.1, 0.15) is 160 Å². The number of aryl methyl sites for hydroxylation is 9. The van der Waals surface area contributed by atoms with Crippen LogP contribution in [0.3, 0.4) is 0 Å². The Morgan fingerprint density at radius 1 is 0.412 bits per heavy atom. The van der Waals surface area contributed by atoms with E-state index in [1.807, 2.05) is 39.0 Å². The molecule has 0 saturated heterocycles. The first-order valence-electron chi connectivity index (χ1n) is 23.7. The number of carbonyl (C=O) groups is 3. The molecule has 3 aromatic rings. The number of aliphatic carboxylic acids is 3. The van der Waals surface area contributed by atoms with Crippen molar-refractivity contribution in [3.63, 3.8) is 0 Å². The van der Waals surface area contributed by atoms with Crippen LogP contribution in [0, 0.1) is 47.0 Å². The molecule has 0 atom stereocenters. The van der Waals surface area contributed by atoms with Gasteiger partial charge in [-0.1, -0.05) is 95.8 Å². The van der Waals surface area contributed by atoms with Crippen LogP contribution in [0.15, 0.2) is 36.4 Å². The second-order valence-electron chi connectivity index (χ2n) is 17.5. The lowest BCUT2D eigenvalue weighted by Crippen LogP contribution is -2.37. The summed E-state index contributed by atoms with van der Waals surface area (Å²) in [6, 6.07) is 10.5. The molecule has 0 saturated carbocycles. The van der Waals surface area contributed by atoms with Crippen LogP contribution in [-0.4, -0.2) is 106 Å². The summed E-state index contributed by atoms with van der Waals surface area (Å²) in [7, 11) is 0. The van der Waals surface area contributed by atoms with Crippen LogP contribution in [0.5, 0.6) is 17.2 Å². The molecule has 0 amide bonds. The van der Waals surface area contributed by atoms with Crippen molar-refractivity contribution in [3.8, 4) is 17.2 Å². The molecule has 14 nitrogen and oxygen atoms in total. The highest BCUT2D eigenvalue weighted by Crippen LogP contribution is 2.24. The first-order chi connectivity index (χ1) is 32.0. The van der Waals surface area contributed by atoms with Crippen LogP contribution >= 0.6 is 12.2 Å². The van der Waals surface area contributed by atoms with Gasteiger partial charge in [0, 0.05) is 25.7 Å². The van der Waals surface area contributed by atoms with Gasteiger partial charge in [-0.2, -0.15) is 0 Å². The lowest BCUT2D eigenvalue weighted by atomic mass is 9.93. The van der Waals surface area contributed by atoms with E-state index in [9.17, 15) is 29.7 Å². The third-order valence-electron chi connectivity index (χ3n) is 11.4. The highest BCUT2D eigenvalue weighted by atomic mass is 32.1. The fourth-order valence-corrected chi connectivity index (χ4v) is 6.68. The van der Waals surface area contributed by atoms with E-state index in [0.717, 1.165) is 56.5 Å². The standard InChI is InChI=1S/C15H30OS.3C11H14O3.C5H12O4/c1-2-3-4-5-6-7-8-9-10-11-12-13-14-15(16)17;3*1-7-6-10(12)8(2)5-9(7)3-4-11(13)14;6-1-5(2-7,3-8)4-9/h2-14H2,1H3,(H,16,17);3*5-6,12H,3-4H2,1-2H3,(H,13,14);6-9H,1-4H2. The van der Waals surface area contributed by atoms with Crippen molar-refractivity contribution in [1.82, 2.24) is 0 Å². The van der Waals surface area contributed by atoms with Gasteiger partial charge in [0.25, 0.3) is 0 Å². The van der Waals surface area contributed by atoms with E-state index in [1.165, 1.54) is 70.6 Å². The van der Waals surface area contributed by atoms with E-state index in [-0.39, 0.29) is 41.6 Å². The molecule has 0 fully saturated rings. The largest absolute Gasteiger partial charge is 0.508 e. The lowest BCUT2D eigenvalue weighted by Gasteiger charge is -2.23. The number of hydrogen-bond donors (Lipinski definition) is 11. The van der Waals surface area contributed by atoms with Gasteiger partial charge in [0.2, 0.25) is 0 Å². The van der Waals surface area contributed by atoms with Gasteiger partial charge in [-0.15, -0.1) is 0 Å². The Hall–Kier alpha value is -4.80. The van der Waals surface area contributed by atoms with E-state index in [2.05, 4.69) is 19.1 Å². The van der Waals surface area contributed by atoms with E-state index in [1.54, 1.807) is 39.0 Å². The first kappa shape index (κ1) is 65.3. The van der Waals surface area contributed by atoms with Crippen LogP contribution in [0.2, 0.25) is 0 Å². The number of phenolic OH excluding ortho intramolecular Hbond substituents is 3. The highest BCUT2D eigenvalue weighted by molar-refractivity contribution is 7.80. The number of aromatic hydroxyl groups is 3. The van der Waals surface area contributed by atoms with Crippen LogP contribution in [0.25, 0.3) is 0 Å². The van der Waals surface area contributed by atoms with Crippen molar-refractivity contribution in [3.05, 3.63) is 86.5 Å². The van der Waals surface area contributed by atoms with E-state index >= 15 is 0 Å². The molecule has 0 aliphatic carbocycles. The van der Waals surface area contributed by atoms with E-state index in [4.69, 9.17) is 40.9 Å². The summed E-state index contributed by atoms with van der Waals surface area (Å²) in [4.78, 5) is 31.2. The summed E-state index contributed by atoms with van der Waals surface area (Å²) in [5.74, 6) is -1.59. The van der Waals surface area contributed by atoms with Crippen LogP contribution < -0.4 is 0 Å². The van der Waals surface area contributed by atoms with Crippen molar-refractivity contribution in [2.24, 2.45) is 5.41 Å². The van der Waals surface area contributed by atoms with Gasteiger partial charge in [0.1, 0.15) is 17.2 Å². The second kappa shape index (κ2) is 38.1. The number of thiocarbonyl (C=S) groups is 1. The van der Waals surface area contributed by atoms with Gasteiger partial charge in [0.15, 0.2) is 5.05 Å². The molecule has 0 unspecified atom stereocenters. The number of aliphatic hydroxyl groups excluding tert-OH is 5. The number of rotatable bonds is 26. The van der Waals surface area contributed by atoms with Crippen molar-refractivity contribution < 1.29 is 70.6 Å². The number of phenols is 3. The molecular formula is C53H84O14S. The zero-order valence-electron chi connectivity index (χ0n) is 41.8. The lowest BCUT2D eigenvalue weighted by molar-refractivity contribution is -0.138. The molecule has 0 aliphatic heterocycles. The van der Waals surface area contributed by atoms with Crippen molar-refractivity contribution in [2.75, 3.05) is 26.4 Å². The average Bonchev–Trinajstić information content (AvgIpc) is 3.28. The zero-order chi connectivity index (χ0) is 52.2. The molecule has 3 aromatic carbocycles. The zero-order valence-corrected chi connectivity index (χ0v) is 42.6. The molecule has 0 spiro atoms. The minimum absolute atomic E-state index is 0.130. The maximum absolute atomic E-state index is 10.4. The summed E-state index contributed by atoms with van der Waals surface area (Å²) in [5.41, 5.74) is 7.04. The Labute approximate surface area is 410 Å². The minimum Gasteiger partial charge on any atom is -0.508 e. The van der Waals surface area contributed by atoms with Gasteiger partial charge >= 0.3 is 17.9 Å². The maximum atomic E-state index is 10.4. The molecule has 11 N–H and O–H groups in total. The smallest absolute Gasteiger partial charge is 0.303 e. The Morgan fingerprint density at radius 2 is 0.662 bits per heavy atom. The molecule has 68 heavy (non-hydrogen) atoms. The Morgan fingerprint density at radius 3 is 0.868 bits per heavy atom. The van der Waals surface area contributed by atoms with Crippen molar-refractivity contribution in [1.29, 1.82) is 0 Å². The normalized spacial score (nSPS) is 10.5. The SMILES string of the molecule is CCCCCCCCCCCCCCC(O)=S.Cc1cc(CCC(=O)O)c(C)cc1O.Cc1cc(CCC(=O)O)c(C)cc1O.Cc1cc(CCC(=O)O)c(C)cc1O.OCC(CO)(CO)CO. The molecule has 3 rings (SSSR count). The molecule has 0 aliphatic rings. The first-order valence-corrected chi connectivity index (χ1v) is 24.1. The van der Waals surface area contributed by atoms with Gasteiger partial charge in [-0.25, -0.2) is 0 Å².